The van der Waals surface area contributed by atoms with Gasteiger partial charge in [-0.15, -0.1) is 0 Å². The van der Waals surface area contributed by atoms with Crippen LogP contribution in [0, 0.1) is 0 Å². The molecular weight excluding hydrogens is 200 g/mol. The van der Waals surface area contributed by atoms with Gasteiger partial charge in [-0.1, -0.05) is 0 Å². The molecule has 1 aliphatic rings. The number of hydrogen-bond acceptors (Lipinski definition) is 3. The van der Waals surface area contributed by atoms with E-state index in [2.05, 4.69) is 10.6 Å². The van der Waals surface area contributed by atoms with Crippen LogP contribution in [0.3, 0.4) is 0 Å². The van der Waals surface area contributed by atoms with Crippen molar-refractivity contribution >= 4 is 12.0 Å². The Bertz CT molecular complexity index is 250. The zero-order valence-corrected chi connectivity index (χ0v) is 8.56. The summed E-state index contributed by atoms with van der Waals surface area (Å²) in [5, 5.41) is 22.6. The summed E-state index contributed by atoms with van der Waals surface area (Å²) >= 11 is 0. The second kappa shape index (κ2) is 4.97. The monoisotopic (exact) mass is 216 g/mol. The number of carboxylic acid groups (broad SMARTS) is 1. The number of carbonyl (C=O) groups excluding carboxylic acids is 1. The fourth-order valence-electron chi connectivity index (χ4n) is 1.21. The average molecular weight is 216 g/mol. The molecule has 0 aromatic heterocycles. The molecule has 15 heavy (non-hydrogen) atoms. The summed E-state index contributed by atoms with van der Waals surface area (Å²) in [7, 11) is 0. The first kappa shape index (κ1) is 11.8. The summed E-state index contributed by atoms with van der Waals surface area (Å²) in [6, 6.07) is -0.502. The maximum atomic E-state index is 11.3. The van der Waals surface area contributed by atoms with Crippen molar-refractivity contribution in [2.75, 3.05) is 0 Å². The highest BCUT2D eigenvalue weighted by atomic mass is 16.4. The molecule has 0 bridgehead atoms. The third-order valence-electron chi connectivity index (χ3n) is 2.24. The molecule has 0 heterocycles. The number of nitrogens with one attached hydrogen (secondary N) is 2. The van der Waals surface area contributed by atoms with Gasteiger partial charge in [-0.3, -0.25) is 4.79 Å². The van der Waals surface area contributed by atoms with Gasteiger partial charge in [0.15, 0.2) is 0 Å². The molecule has 0 aliphatic heterocycles. The van der Waals surface area contributed by atoms with Gasteiger partial charge < -0.3 is 20.8 Å². The Labute approximate surface area is 87.7 Å². The molecule has 1 aliphatic carbocycles. The van der Waals surface area contributed by atoms with Crippen molar-refractivity contribution < 1.29 is 19.8 Å². The summed E-state index contributed by atoms with van der Waals surface area (Å²) in [6.07, 6.45) is -0.179. The van der Waals surface area contributed by atoms with Crippen molar-refractivity contribution in [3.8, 4) is 0 Å². The minimum absolute atomic E-state index is 0.0273. The summed E-state index contributed by atoms with van der Waals surface area (Å²) in [5.74, 6) is -0.225. The van der Waals surface area contributed by atoms with Crippen molar-refractivity contribution in [1.29, 1.82) is 0 Å². The Balaban J connectivity index is 2.34. The fourth-order valence-corrected chi connectivity index (χ4v) is 1.21. The molecule has 2 amide bonds. The predicted octanol–water partition coefficient (Wildman–Crippen LogP) is -0.328. The van der Waals surface area contributed by atoms with E-state index in [-0.39, 0.29) is 18.4 Å². The minimum atomic E-state index is -1.24. The second-order valence-electron chi connectivity index (χ2n) is 3.84. The van der Waals surface area contributed by atoms with Crippen molar-refractivity contribution in [3.05, 3.63) is 0 Å². The largest absolute Gasteiger partial charge is 0.465 e. The van der Waals surface area contributed by atoms with Gasteiger partial charge in [0.1, 0.15) is 0 Å². The van der Waals surface area contributed by atoms with E-state index < -0.39 is 18.2 Å². The maximum absolute atomic E-state index is 11.3. The Morgan fingerprint density at radius 1 is 1.47 bits per heavy atom. The van der Waals surface area contributed by atoms with Gasteiger partial charge in [0, 0.05) is 12.5 Å². The smallest absolute Gasteiger partial charge is 0.404 e. The van der Waals surface area contributed by atoms with E-state index in [1.54, 1.807) is 0 Å². The third-order valence-corrected chi connectivity index (χ3v) is 2.24. The van der Waals surface area contributed by atoms with Crippen molar-refractivity contribution in [1.82, 2.24) is 10.6 Å². The fraction of sp³-hybridized carbons (Fsp3) is 0.778. The van der Waals surface area contributed by atoms with Crippen LogP contribution >= 0.6 is 0 Å². The van der Waals surface area contributed by atoms with Crippen LogP contribution in [0.2, 0.25) is 0 Å². The topological polar surface area (TPSA) is 98.7 Å². The van der Waals surface area contributed by atoms with Crippen LogP contribution in [-0.2, 0) is 4.79 Å². The van der Waals surface area contributed by atoms with Crippen LogP contribution in [0.25, 0.3) is 0 Å². The van der Waals surface area contributed by atoms with Gasteiger partial charge in [-0.25, -0.2) is 4.79 Å². The highest BCUT2D eigenvalue weighted by Crippen LogP contribution is 2.18. The van der Waals surface area contributed by atoms with Crippen LogP contribution in [0.4, 0.5) is 4.79 Å². The molecule has 0 unspecified atom stereocenters. The van der Waals surface area contributed by atoms with E-state index in [0.29, 0.717) is 0 Å². The molecule has 0 saturated heterocycles. The SMILES string of the molecule is C[C@H](O)[C@H](CC(=O)NC1CC1)NC(=O)O. The van der Waals surface area contributed by atoms with Gasteiger partial charge in [-0.2, -0.15) is 0 Å². The first-order chi connectivity index (χ1) is 6.99. The maximum Gasteiger partial charge on any atom is 0.404 e. The summed E-state index contributed by atoms with van der Waals surface area (Å²) in [6.45, 7) is 1.45. The van der Waals surface area contributed by atoms with Gasteiger partial charge in [0.25, 0.3) is 0 Å². The number of hydrogen-bond donors (Lipinski definition) is 4. The summed E-state index contributed by atoms with van der Waals surface area (Å²) in [4.78, 5) is 21.7. The Kier molecular flexibility index (Phi) is 3.90. The molecule has 0 aromatic carbocycles. The highest BCUT2D eigenvalue weighted by molar-refractivity contribution is 5.78. The molecular formula is C9H16N2O4. The zero-order chi connectivity index (χ0) is 11.4. The van der Waals surface area contributed by atoms with Crippen LogP contribution < -0.4 is 10.6 Å². The Hall–Kier alpha value is -1.30. The minimum Gasteiger partial charge on any atom is -0.465 e. The Morgan fingerprint density at radius 3 is 2.47 bits per heavy atom. The van der Waals surface area contributed by atoms with Crippen LogP contribution in [0.5, 0.6) is 0 Å². The second-order valence-corrected chi connectivity index (χ2v) is 3.84. The molecule has 4 N–H and O–H groups in total. The third kappa shape index (κ3) is 4.64. The summed E-state index contributed by atoms with van der Waals surface area (Å²) in [5.41, 5.74) is 0. The quantitative estimate of drug-likeness (QED) is 0.506. The number of carbonyl (C=O) groups is 2. The molecule has 6 nitrogen and oxygen atoms in total. The van der Waals surface area contributed by atoms with Crippen molar-refractivity contribution in [3.63, 3.8) is 0 Å². The zero-order valence-electron chi connectivity index (χ0n) is 8.56. The molecule has 1 rings (SSSR count). The molecule has 1 fully saturated rings. The van der Waals surface area contributed by atoms with Gasteiger partial charge >= 0.3 is 6.09 Å². The van der Waals surface area contributed by atoms with E-state index in [0.717, 1.165) is 12.8 Å². The lowest BCUT2D eigenvalue weighted by Gasteiger charge is -2.19. The van der Waals surface area contributed by atoms with Crippen LogP contribution in [0.15, 0.2) is 0 Å². The number of aliphatic hydroxyl groups excluding tert-OH is 1. The normalized spacial score (nSPS) is 19.1. The molecule has 0 aromatic rings. The molecule has 6 heteroatoms. The van der Waals surface area contributed by atoms with Crippen molar-refractivity contribution in [2.45, 2.75) is 44.4 Å². The first-order valence-corrected chi connectivity index (χ1v) is 4.96. The van der Waals surface area contributed by atoms with E-state index in [1.165, 1.54) is 6.92 Å². The number of amides is 2. The molecule has 0 spiro atoms. The molecule has 86 valence electrons. The van der Waals surface area contributed by atoms with E-state index in [4.69, 9.17) is 5.11 Å². The number of rotatable bonds is 5. The lowest BCUT2D eigenvalue weighted by Crippen LogP contribution is -2.45. The van der Waals surface area contributed by atoms with Crippen molar-refractivity contribution in [2.24, 2.45) is 0 Å². The summed E-state index contributed by atoms with van der Waals surface area (Å²) < 4.78 is 0. The predicted molar refractivity (Wildman–Crippen MR) is 52.4 cm³/mol. The van der Waals surface area contributed by atoms with Crippen LogP contribution in [0.1, 0.15) is 26.2 Å². The molecule has 2 atom stereocenters. The first-order valence-electron chi connectivity index (χ1n) is 4.96. The van der Waals surface area contributed by atoms with Gasteiger partial charge in [0.2, 0.25) is 5.91 Å². The lowest BCUT2D eigenvalue weighted by atomic mass is 10.1. The standard InChI is InChI=1S/C9H16N2O4/c1-5(12)7(11-9(14)15)4-8(13)10-6-2-3-6/h5-7,11-12H,2-4H2,1H3,(H,10,13)(H,14,15)/t5-,7-/m0/s1. The van der Waals surface area contributed by atoms with E-state index in [1.807, 2.05) is 0 Å². The Morgan fingerprint density at radius 2 is 2.07 bits per heavy atom. The molecule has 1 saturated carbocycles. The van der Waals surface area contributed by atoms with Crippen LogP contribution in [-0.4, -0.2) is 40.4 Å². The highest BCUT2D eigenvalue weighted by Gasteiger charge is 2.26. The van der Waals surface area contributed by atoms with Gasteiger partial charge in [-0.05, 0) is 19.8 Å². The van der Waals surface area contributed by atoms with Gasteiger partial charge in [0.05, 0.1) is 12.1 Å². The molecule has 0 radical (unpaired) electrons. The average Bonchev–Trinajstić information content (AvgIpc) is 2.85. The van der Waals surface area contributed by atoms with E-state index in [9.17, 15) is 14.7 Å². The number of aliphatic hydroxyl groups is 1. The van der Waals surface area contributed by atoms with E-state index >= 15 is 0 Å². The lowest BCUT2D eigenvalue weighted by molar-refractivity contribution is -0.122.